The highest BCUT2D eigenvalue weighted by atomic mass is 16.6. The zero-order valence-electron chi connectivity index (χ0n) is 44.3. The van der Waals surface area contributed by atoms with Gasteiger partial charge in [-0.25, -0.2) is 28.1 Å². The molecule has 3 fully saturated rings. The fourth-order valence-electron chi connectivity index (χ4n) is 10.4. The van der Waals surface area contributed by atoms with E-state index < -0.39 is 145 Å². The Kier molecular flexibility index (Phi) is 20.6. The maximum Gasteiger partial charge on any atom is 0.336 e. The SMILES string of the molecule is CC1(C)CC(OCC(O)COC(=O)CCn2c(=O)n(CCC(=O)OCC(O)COC3CC(C)(C)N([O])C(C)(C)C3)c(=O)n(CCC(=O)OCC(O)COC3CC(C)(C)N([O])C(C)(C)C3)c2=O)CC(C)(C)N1[O]. The summed E-state index contributed by atoms with van der Waals surface area (Å²) in [4.78, 5) is 79.7. The van der Waals surface area contributed by atoms with Crippen molar-refractivity contribution in [3.63, 3.8) is 0 Å². The van der Waals surface area contributed by atoms with Crippen molar-refractivity contribution in [2.45, 2.75) is 230 Å². The Bertz CT molecular complexity index is 1860. The summed E-state index contributed by atoms with van der Waals surface area (Å²) in [6.07, 6.45) is -4.08. The van der Waals surface area contributed by atoms with Crippen molar-refractivity contribution in [3.8, 4) is 0 Å². The molecule has 3 N–H and O–H groups in total. The van der Waals surface area contributed by atoms with Gasteiger partial charge in [0.1, 0.15) is 38.1 Å². The number of hydroxylamine groups is 6. The molecule has 3 radical (unpaired) electrons. The predicted octanol–water partition coefficient (Wildman–Crippen LogP) is 1.21. The van der Waals surface area contributed by atoms with Gasteiger partial charge in [-0.05, 0) is 122 Å². The van der Waals surface area contributed by atoms with Crippen LogP contribution < -0.4 is 17.1 Å². The first-order chi connectivity index (χ1) is 33.1. The third-order valence-corrected chi connectivity index (χ3v) is 13.5. The van der Waals surface area contributed by atoms with E-state index in [1.165, 1.54) is 0 Å². The molecule has 72 heavy (non-hydrogen) atoms. The minimum atomic E-state index is -1.25. The highest BCUT2D eigenvalue weighted by Gasteiger charge is 2.49. The van der Waals surface area contributed by atoms with Gasteiger partial charge in [0.15, 0.2) is 0 Å². The Balaban J connectivity index is 1.37. The number of ether oxygens (including phenoxy) is 6. The van der Waals surface area contributed by atoms with Crippen LogP contribution in [0.3, 0.4) is 0 Å². The number of rotatable bonds is 24. The largest absolute Gasteiger partial charge is 0.463 e. The van der Waals surface area contributed by atoms with Crippen molar-refractivity contribution in [2.24, 2.45) is 0 Å². The van der Waals surface area contributed by atoms with Crippen molar-refractivity contribution in [2.75, 3.05) is 39.6 Å². The van der Waals surface area contributed by atoms with E-state index in [2.05, 4.69) is 0 Å². The standard InChI is InChI=1S/C48H81N6O18/c1-43(2)19-34(20-44(3,4)52(43)64)67-25-31(55)28-70-37(58)13-16-49-40(61)50(17-14-38(59)71-29-32(56)26-68-35-21-45(5,6)53(65)46(7,8)22-35)42(63)51(41(49)62)18-15-39(60)72-30-33(57)27-69-36-23-47(9,10)54(66)48(11,12)24-36/h31-36,55-57H,13-30H2,1-12H3. The third-order valence-electron chi connectivity index (χ3n) is 13.5. The van der Waals surface area contributed by atoms with Gasteiger partial charge in [-0.1, -0.05) is 0 Å². The summed E-state index contributed by atoms with van der Waals surface area (Å²) in [5, 5.41) is 72.9. The second-order valence-corrected chi connectivity index (χ2v) is 23.4. The molecule has 0 saturated carbocycles. The Labute approximate surface area is 421 Å². The molecule has 1 aromatic rings. The molecule has 4 heterocycles. The summed E-state index contributed by atoms with van der Waals surface area (Å²) in [6, 6.07) is 0. The van der Waals surface area contributed by atoms with Crippen LogP contribution in [-0.4, -0.2) is 172 Å². The van der Waals surface area contributed by atoms with Gasteiger partial charge >= 0.3 is 35.0 Å². The molecule has 3 atom stereocenters. The zero-order valence-corrected chi connectivity index (χ0v) is 44.3. The van der Waals surface area contributed by atoms with Crippen LogP contribution in [0.15, 0.2) is 14.4 Å². The van der Waals surface area contributed by atoms with Crippen molar-refractivity contribution < 1.29 is 73.7 Å². The second-order valence-electron chi connectivity index (χ2n) is 23.4. The van der Waals surface area contributed by atoms with Crippen molar-refractivity contribution >= 4 is 17.9 Å². The van der Waals surface area contributed by atoms with Crippen LogP contribution in [0, 0.1) is 0 Å². The molecule has 411 valence electrons. The Hall–Kier alpha value is -3.66. The number of aliphatic hydroxyl groups is 3. The number of hydrogen-bond donors (Lipinski definition) is 3. The molecule has 1 aromatic heterocycles. The number of nitrogens with zero attached hydrogens (tertiary/aromatic N) is 6. The Morgan fingerprint density at radius 1 is 0.417 bits per heavy atom. The average molecular weight is 1030 g/mol. The number of aliphatic hydroxyl groups excluding tert-OH is 3. The Morgan fingerprint density at radius 3 is 0.806 bits per heavy atom. The lowest BCUT2D eigenvalue weighted by Gasteiger charge is -2.49. The first kappa shape index (κ1) is 60.9. The van der Waals surface area contributed by atoms with Crippen molar-refractivity contribution in [1.29, 1.82) is 0 Å². The molecule has 3 unspecified atom stereocenters. The smallest absolute Gasteiger partial charge is 0.336 e. The van der Waals surface area contributed by atoms with Gasteiger partial charge in [-0.15, -0.1) is 30.8 Å². The topological polar surface area (TPSA) is 303 Å². The molecule has 0 spiro atoms. The van der Waals surface area contributed by atoms with Gasteiger partial charge in [0.2, 0.25) is 0 Å². The van der Waals surface area contributed by atoms with Crippen LogP contribution in [0.2, 0.25) is 0 Å². The third kappa shape index (κ3) is 16.4. The maximum atomic E-state index is 13.7. The molecule has 0 amide bonds. The summed E-state index contributed by atoms with van der Waals surface area (Å²) < 4.78 is 34.9. The number of piperidine rings is 3. The van der Waals surface area contributed by atoms with Crippen LogP contribution in [0.4, 0.5) is 0 Å². The van der Waals surface area contributed by atoms with Crippen LogP contribution in [0.5, 0.6) is 0 Å². The lowest BCUT2D eigenvalue weighted by Crippen LogP contribution is -2.60. The number of carbonyl (C=O) groups excluding carboxylic acids is 3. The van der Waals surface area contributed by atoms with Gasteiger partial charge in [0.05, 0.1) is 57.4 Å². The van der Waals surface area contributed by atoms with Crippen LogP contribution in [0.25, 0.3) is 0 Å². The maximum absolute atomic E-state index is 13.7. The van der Waals surface area contributed by atoms with Gasteiger partial charge in [0.25, 0.3) is 0 Å². The number of carbonyl (C=O) groups is 3. The molecule has 3 aliphatic rings. The lowest BCUT2D eigenvalue weighted by atomic mass is 9.80. The molecule has 0 bridgehead atoms. The summed E-state index contributed by atoms with van der Waals surface area (Å²) in [5.74, 6) is -2.76. The molecule has 4 rings (SSSR count). The van der Waals surface area contributed by atoms with Crippen LogP contribution in [-0.2, 0) is 78.1 Å². The molecular weight excluding hydrogens is 949 g/mol. The summed E-state index contributed by atoms with van der Waals surface area (Å²) in [6.45, 7) is 17.7. The van der Waals surface area contributed by atoms with E-state index in [1.54, 1.807) is 83.1 Å². The highest BCUT2D eigenvalue weighted by molar-refractivity contribution is 5.70. The number of esters is 3. The van der Waals surface area contributed by atoms with Crippen molar-refractivity contribution in [3.05, 3.63) is 31.5 Å². The quantitative estimate of drug-likeness (QED) is 0.0968. The molecule has 24 nitrogen and oxygen atoms in total. The first-order valence-electron chi connectivity index (χ1n) is 24.8. The van der Waals surface area contributed by atoms with Gasteiger partial charge in [-0.2, -0.15) is 0 Å². The van der Waals surface area contributed by atoms with Crippen LogP contribution in [0.1, 0.15) is 141 Å². The minimum Gasteiger partial charge on any atom is -0.463 e. The summed E-state index contributed by atoms with van der Waals surface area (Å²) in [7, 11) is 0. The molecule has 3 saturated heterocycles. The second kappa shape index (κ2) is 24.3. The summed E-state index contributed by atoms with van der Waals surface area (Å²) in [5.41, 5.74) is -7.82. The van der Waals surface area contributed by atoms with E-state index in [9.17, 15) is 59.7 Å². The monoisotopic (exact) mass is 1030 g/mol. The van der Waals surface area contributed by atoms with Gasteiger partial charge < -0.3 is 43.7 Å². The van der Waals surface area contributed by atoms with Crippen LogP contribution >= 0.6 is 0 Å². The highest BCUT2D eigenvalue weighted by Crippen LogP contribution is 2.40. The molecule has 3 aliphatic heterocycles. The van der Waals surface area contributed by atoms with E-state index in [0.717, 1.165) is 15.2 Å². The average Bonchev–Trinajstić information content (AvgIpc) is 3.26. The lowest BCUT2D eigenvalue weighted by molar-refractivity contribution is -0.302. The Morgan fingerprint density at radius 2 is 0.611 bits per heavy atom. The summed E-state index contributed by atoms with van der Waals surface area (Å²) >= 11 is 0. The first-order valence-corrected chi connectivity index (χ1v) is 24.8. The number of aromatic nitrogens is 3. The van der Waals surface area contributed by atoms with Gasteiger partial charge in [-0.3, -0.25) is 14.4 Å². The molecule has 0 aromatic carbocycles. The molecule has 0 aliphatic carbocycles. The minimum absolute atomic E-state index is 0.206. The van der Waals surface area contributed by atoms with E-state index >= 15 is 0 Å². The molecule has 24 heteroatoms. The fraction of sp³-hybridized carbons (Fsp3) is 0.875. The fourth-order valence-corrected chi connectivity index (χ4v) is 10.4. The predicted molar refractivity (Wildman–Crippen MR) is 253 cm³/mol. The van der Waals surface area contributed by atoms with E-state index in [-0.39, 0.29) is 38.1 Å². The van der Waals surface area contributed by atoms with Gasteiger partial charge in [0, 0.05) is 52.9 Å². The number of hydrogen-bond acceptors (Lipinski definition) is 18. The van der Waals surface area contributed by atoms with E-state index in [4.69, 9.17) is 28.4 Å². The zero-order chi connectivity index (χ0) is 54.4. The normalized spacial score (nSPS) is 22.8. The molecular formula is C48H81N6O18. The van der Waals surface area contributed by atoms with E-state index in [0.29, 0.717) is 52.2 Å². The van der Waals surface area contributed by atoms with E-state index in [1.807, 2.05) is 0 Å². The van der Waals surface area contributed by atoms with Crippen molar-refractivity contribution in [1.82, 2.24) is 28.9 Å².